The standard InChI is InChI=1S/C23H29N5O9S2/c1-6-14(21(31)36-8-12(34-4)7-33-3)37-22(32)17-11(2)9-38-20-16(19(30)28(17)20)26-18(29)15(27-35-5)13-10-39-23(24)25-13/h6,10,12,16,20H,7-9H2,1-5H3,(H2,24,25)(H,26,29)/b14-6-,27-15-/t12?,16-,20-/m1/s1. The largest absolute Gasteiger partial charge is 0.457 e. The molecule has 3 rings (SSSR count). The Labute approximate surface area is 232 Å². The van der Waals surface area contributed by atoms with Crippen LogP contribution in [0.1, 0.15) is 19.5 Å². The fourth-order valence-corrected chi connectivity index (χ4v) is 5.48. The van der Waals surface area contributed by atoms with Gasteiger partial charge in [0.05, 0.1) is 6.61 Å². The van der Waals surface area contributed by atoms with E-state index in [1.165, 1.54) is 56.4 Å². The number of hydrogen-bond donors (Lipinski definition) is 2. The average Bonchev–Trinajstić information content (AvgIpc) is 3.36. The molecule has 1 fully saturated rings. The SMILES string of the molecule is C/C=C(\OC(=O)C1=C(C)CS[C@@H]2[C@H](NC(=O)/C(=N\OC)c3csc(N)n3)C(=O)N12)C(=O)OCC(COC)OC. The molecule has 0 radical (unpaired) electrons. The summed E-state index contributed by atoms with van der Waals surface area (Å²) in [6.07, 6.45) is 0.786. The third-order valence-electron chi connectivity index (χ3n) is 5.55. The number of aromatic nitrogens is 1. The molecule has 0 aromatic carbocycles. The van der Waals surface area contributed by atoms with Crippen LogP contribution in [0, 0.1) is 0 Å². The molecular formula is C23H29N5O9S2. The van der Waals surface area contributed by atoms with Crippen molar-refractivity contribution in [1.29, 1.82) is 0 Å². The lowest BCUT2D eigenvalue weighted by Crippen LogP contribution is -2.71. The lowest BCUT2D eigenvalue weighted by molar-refractivity contribution is -0.156. The Morgan fingerprint density at radius 2 is 2.05 bits per heavy atom. The number of nitrogens with two attached hydrogens (primary N) is 1. The number of nitrogens with zero attached hydrogens (tertiary/aromatic N) is 3. The van der Waals surface area contributed by atoms with E-state index in [0.29, 0.717) is 11.3 Å². The van der Waals surface area contributed by atoms with Crippen LogP contribution in [0.3, 0.4) is 0 Å². The minimum atomic E-state index is -0.950. The molecule has 1 aromatic heterocycles. The molecule has 2 aliphatic rings. The Kier molecular flexibility index (Phi) is 10.4. The number of nitrogen functional groups attached to an aromatic ring is 1. The van der Waals surface area contributed by atoms with Crippen molar-refractivity contribution < 1.29 is 43.0 Å². The van der Waals surface area contributed by atoms with Gasteiger partial charge in [-0.1, -0.05) is 5.16 Å². The second-order valence-electron chi connectivity index (χ2n) is 8.14. The van der Waals surface area contributed by atoms with Gasteiger partial charge in [-0.25, -0.2) is 14.6 Å². The summed E-state index contributed by atoms with van der Waals surface area (Å²) in [5.74, 6) is -2.97. The van der Waals surface area contributed by atoms with Gasteiger partial charge in [-0.05, 0) is 25.5 Å². The molecular weight excluding hydrogens is 554 g/mol. The highest BCUT2D eigenvalue weighted by Gasteiger charge is 2.54. The monoisotopic (exact) mass is 583 g/mol. The maximum Gasteiger partial charge on any atom is 0.374 e. The highest BCUT2D eigenvalue weighted by atomic mass is 32.2. The molecule has 0 aliphatic carbocycles. The lowest BCUT2D eigenvalue weighted by atomic mass is 10.0. The molecule has 0 spiro atoms. The van der Waals surface area contributed by atoms with Crippen molar-refractivity contribution >= 4 is 57.7 Å². The van der Waals surface area contributed by atoms with Gasteiger partial charge in [-0.2, -0.15) is 0 Å². The van der Waals surface area contributed by atoms with Crippen LogP contribution in [0.4, 0.5) is 5.13 Å². The first-order valence-electron chi connectivity index (χ1n) is 11.5. The molecule has 39 heavy (non-hydrogen) atoms. The fraction of sp³-hybridized carbons (Fsp3) is 0.478. The number of carbonyl (C=O) groups excluding carboxylic acids is 4. The van der Waals surface area contributed by atoms with Crippen LogP contribution in [-0.2, 0) is 43.0 Å². The zero-order valence-corrected chi connectivity index (χ0v) is 23.6. The molecule has 3 atom stereocenters. The number of allylic oxidation sites excluding steroid dienone is 1. The van der Waals surface area contributed by atoms with Crippen LogP contribution in [0.2, 0.25) is 0 Å². The topological polar surface area (TPSA) is 181 Å². The van der Waals surface area contributed by atoms with Crippen LogP contribution in [0.25, 0.3) is 0 Å². The zero-order valence-electron chi connectivity index (χ0n) is 21.9. The number of carbonyl (C=O) groups is 4. The first kappa shape index (κ1) is 30.1. The number of anilines is 1. The summed E-state index contributed by atoms with van der Waals surface area (Å²) in [7, 11) is 4.20. The van der Waals surface area contributed by atoms with E-state index in [1.54, 1.807) is 6.92 Å². The fourth-order valence-electron chi connectivity index (χ4n) is 3.64. The van der Waals surface area contributed by atoms with Gasteiger partial charge in [0, 0.05) is 25.4 Å². The summed E-state index contributed by atoms with van der Waals surface area (Å²) < 4.78 is 20.6. The van der Waals surface area contributed by atoms with Crippen LogP contribution in [0.15, 0.2) is 33.6 Å². The Morgan fingerprint density at radius 1 is 1.31 bits per heavy atom. The zero-order chi connectivity index (χ0) is 28.7. The third kappa shape index (κ3) is 6.76. The second kappa shape index (κ2) is 13.5. The summed E-state index contributed by atoms with van der Waals surface area (Å²) >= 11 is 2.48. The van der Waals surface area contributed by atoms with E-state index in [-0.39, 0.29) is 41.2 Å². The Hall–Kier alpha value is -3.47. The maximum absolute atomic E-state index is 13.1. The van der Waals surface area contributed by atoms with Gasteiger partial charge in [0.2, 0.25) is 5.76 Å². The van der Waals surface area contributed by atoms with Gasteiger partial charge in [0.25, 0.3) is 11.8 Å². The quantitative estimate of drug-likeness (QED) is 0.0865. The smallest absolute Gasteiger partial charge is 0.374 e. The molecule has 2 aliphatic heterocycles. The number of ether oxygens (including phenoxy) is 4. The van der Waals surface area contributed by atoms with E-state index >= 15 is 0 Å². The lowest BCUT2D eigenvalue weighted by Gasteiger charge is -2.49. The predicted octanol–water partition coefficient (Wildman–Crippen LogP) is 0.401. The van der Waals surface area contributed by atoms with Gasteiger partial charge in [0.15, 0.2) is 10.8 Å². The van der Waals surface area contributed by atoms with E-state index < -0.39 is 41.3 Å². The van der Waals surface area contributed by atoms with Crippen molar-refractivity contribution in [2.45, 2.75) is 31.4 Å². The number of esters is 2. The Balaban J connectivity index is 1.68. The molecule has 3 N–H and O–H groups in total. The van der Waals surface area contributed by atoms with Crippen LogP contribution >= 0.6 is 23.1 Å². The number of hydrogen-bond acceptors (Lipinski definition) is 14. The van der Waals surface area contributed by atoms with Gasteiger partial charge in [-0.15, -0.1) is 23.1 Å². The van der Waals surface area contributed by atoms with Crippen LogP contribution in [0.5, 0.6) is 0 Å². The molecule has 2 amide bonds. The van der Waals surface area contributed by atoms with Crippen LogP contribution < -0.4 is 11.1 Å². The molecule has 1 saturated heterocycles. The van der Waals surface area contributed by atoms with E-state index in [0.717, 1.165) is 11.3 Å². The second-order valence-corrected chi connectivity index (χ2v) is 10.1. The van der Waals surface area contributed by atoms with Crippen LogP contribution in [-0.4, -0.2) is 97.2 Å². The minimum Gasteiger partial charge on any atom is -0.457 e. The van der Waals surface area contributed by atoms with Crippen molar-refractivity contribution in [3.05, 3.63) is 34.2 Å². The summed E-state index contributed by atoms with van der Waals surface area (Å²) in [5, 5.41) is 7.52. The highest BCUT2D eigenvalue weighted by molar-refractivity contribution is 8.00. The van der Waals surface area contributed by atoms with E-state index in [1.807, 2.05) is 0 Å². The summed E-state index contributed by atoms with van der Waals surface area (Å²) in [6.45, 7) is 3.26. The van der Waals surface area contributed by atoms with Gasteiger partial charge in [-0.3, -0.25) is 14.5 Å². The number of oxime groups is 1. The molecule has 3 heterocycles. The predicted molar refractivity (Wildman–Crippen MR) is 141 cm³/mol. The summed E-state index contributed by atoms with van der Waals surface area (Å²) in [6, 6.07) is -0.950. The normalized spacial score (nSPS) is 20.1. The van der Waals surface area contributed by atoms with E-state index in [9.17, 15) is 19.2 Å². The number of thiazole rings is 1. The number of thioether (sulfide) groups is 1. The van der Waals surface area contributed by atoms with Crippen molar-refractivity contribution in [1.82, 2.24) is 15.2 Å². The number of β-lactam (4-membered cyclic amide) rings is 1. The number of fused-ring (bicyclic) bond motifs is 1. The van der Waals surface area contributed by atoms with Crippen molar-refractivity contribution in [3.8, 4) is 0 Å². The summed E-state index contributed by atoms with van der Waals surface area (Å²) in [5.41, 5.74) is 6.26. The average molecular weight is 584 g/mol. The first-order chi connectivity index (χ1) is 18.7. The highest BCUT2D eigenvalue weighted by Crippen LogP contribution is 2.40. The summed E-state index contributed by atoms with van der Waals surface area (Å²) in [4.78, 5) is 61.6. The minimum absolute atomic E-state index is 0.00592. The Morgan fingerprint density at radius 3 is 2.64 bits per heavy atom. The van der Waals surface area contributed by atoms with E-state index in [2.05, 4.69) is 15.5 Å². The van der Waals surface area contributed by atoms with Gasteiger partial charge in [0.1, 0.15) is 42.6 Å². The number of amides is 2. The molecule has 0 bridgehead atoms. The first-order valence-corrected chi connectivity index (χ1v) is 13.4. The number of rotatable bonds is 12. The van der Waals surface area contributed by atoms with Crippen molar-refractivity contribution in [3.63, 3.8) is 0 Å². The maximum atomic E-state index is 13.1. The molecule has 1 unspecified atom stereocenters. The molecule has 0 saturated carbocycles. The number of nitrogens with one attached hydrogen (secondary N) is 1. The molecule has 212 valence electrons. The van der Waals surface area contributed by atoms with Gasteiger partial charge >= 0.3 is 11.9 Å². The molecule has 1 aromatic rings. The molecule has 16 heteroatoms. The third-order valence-corrected chi connectivity index (χ3v) is 7.65. The van der Waals surface area contributed by atoms with E-state index in [4.69, 9.17) is 29.5 Å². The van der Waals surface area contributed by atoms with Crippen molar-refractivity contribution in [2.24, 2.45) is 5.16 Å². The van der Waals surface area contributed by atoms with Crippen molar-refractivity contribution in [2.75, 3.05) is 46.0 Å². The molecule has 14 nitrogen and oxygen atoms in total. The Bertz CT molecular complexity index is 1210. The van der Waals surface area contributed by atoms with Gasteiger partial charge < -0.3 is 34.8 Å². The number of methoxy groups -OCH3 is 2.